The number of rotatable bonds is 5. The second kappa shape index (κ2) is 6.55. The smallest absolute Gasteiger partial charge is 0.399 e. The highest BCUT2D eigenvalue weighted by atomic mass is 16.7. The van der Waals surface area contributed by atoms with E-state index in [1.807, 2.05) is 10.9 Å². The first kappa shape index (κ1) is 17.0. The molecular formula is C16H27BN2O4. The van der Waals surface area contributed by atoms with Gasteiger partial charge in [0, 0.05) is 24.5 Å². The molecule has 3 rings (SSSR count). The van der Waals surface area contributed by atoms with E-state index >= 15 is 0 Å². The van der Waals surface area contributed by atoms with Crippen LogP contribution in [0.15, 0.2) is 12.4 Å². The molecule has 3 heterocycles. The third-order valence-electron chi connectivity index (χ3n) is 4.94. The predicted octanol–water partition coefficient (Wildman–Crippen LogP) is 1.73. The topological polar surface area (TPSA) is 54.7 Å². The Morgan fingerprint density at radius 3 is 2.65 bits per heavy atom. The van der Waals surface area contributed by atoms with Crippen molar-refractivity contribution in [2.75, 3.05) is 13.2 Å². The van der Waals surface area contributed by atoms with Crippen molar-refractivity contribution in [1.29, 1.82) is 0 Å². The normalized spacial score (nSPS) is 26.6. The lowest BCUT2D eigenvalue weighted by atomic mass is 9.82. The van der Waals surface area contributed by atoms with E-state index in [9.17, 15) is 0 Å². The molecule has 2 aliphatic heterocycles. The average molecular weight is 322 g/mol. The van der Waals surface area contributed by atoms with Gasteiger partial charge in [0.2, 0.25) is 0 Å². The van der Waals surface area contributed by atoms with Crippen molar-refractivity contribution in [1.82, 2.24) is 9.78 Å². The van der Waals surface area contributed by atoms with E-state index in [0.29, 0.717) is 13.2 Å². The van der Waals surface area contributed by atoms with Gasteiger partial charge < -0.3 is 18.8 Å². The van der Waals surface area contributed by atoms with Gasteiger partial charge in [-0.1, -0.05) is 0 Å². The fraction of sp³-hybridized carbons (Fsp3) is 0.812. The maximum Gasteiger partial charge on any atom is 0.498 e. The van der Waals surface area contributed by atoms with Gasteiger partial charge in [0.05, 0.1) is 24.4 Å². The van der Waals surface area contributed by atoms with E-state index < -0.39 is 0 Å². The zero-order chi connectivity index (χ0) is 16.5. The molecule has 7 heteroatoms. The zero-order valence-electron chi connectivity index (χ0n) is 14.6. The molecule has 2 fully saturated rings. The van der Waals surface area contributed by atoms with Crippen LogP contribution < -0.4 is 5.46 Å². The molecule has 0 bridgehead atoms. The molecule has 0 N–H and O–H groups in total. The lowest BCUT2D eigenvalue weighted by Gasteiger charge is -2.32. The second-order valence-electron chi connectivity index (χ2n) is 7.29. The molecule has 2 saturated heterocycles. The van der Waals surface area contributed by atoms with Gasteiger partial charge in [-0.3, -0.25) is 4.68 Å². The highest BCUT2D eigenvalue weighted by molar-refractivity contribution is 6.61. The molecule has 1 aromatic rings. The molecule has 0 amide bonds. The largest absolute Gasteiger partial charge is 0.498 e. The summed E-state index contributed by atoms with van der Waals surface area (Å²) in [5.74, 6) is 0. The Balaban J connectivity index is 1.50. The van der Waals surface area contributed by atoms with Crippen LogP contribution in [-0.2, 0) is 25.3 Å². The minimum atomic E-state index is -0.364. The Bertz CT molecular complexity index is 510. The molecule has 0 aliphatic carbocycles. The highest BCUT2D eigenvalue weighted by Gasteiger charge is 2.52. The van der Waals surface area contributed by atoms with E-state index in [0.717, 1.165) is 24.9 Å². The van der Waals surface area contributed by atoms with Crippen LogP contribution in [-0.4, -0.2) is 47.6 Å². The van der Waals surface area contributed by atoms with Crippen molar-refractivity contribution in [3.8, 4) is 0 Å². The van der Waals surface area contributed by atoms with E-state index in [1.165, 1.54) is 6.42 Å². The maximum atomic E-state index is 6.04. The fourth-order valence-corrected chi connectivity index (χ4v) is 2.72. The molecule has 128 valence electrons. The van der Waals surface area contributed by atoms with Gasteiger partial charge in [-0.05, 0) is 47.0 Å². The van der Waals surface area contributed by atoms with Gasteiger partial charge in [-0.25, -0.2) is 0 Å². The van der Waals surface area contributed by atoms with E-state index in [-0.39, 0.29) is 24.6 Å². The summed E-state index contributed by atoms with van der Waals surface area (Å²) in [7, 11) is -0.364. The first-order chi connectivity index (χ1) is 10.9. The Labute approximate surface area is 138 Å². The van der Waals surface area contributed by atoms with Crippen LogP contribution in [0.3, 0.4) is 0 Å². The quantitative estimate of drug-likeness (QED) is 0.773. The standard InChI is InChI=1S/C16H27BN2O4/c1-15(2)16(3,4)23-17(22-15)13-11-18-19(12-13)8-10-21-14-7-5-6-9-20-14/h11-12,14H,5-10H2,1-4H3/t14-/m1/s1. The molecule has 23 heavy (non-hydrogen) atoms. The molecule has 0 spiro atoms. The Morgan fingerprint density at radius 1 is 1.26 bits per heavy atom. The lowest BCUT2D eigenvalue weighted by Crippen LogP contribution is -2.41. The summed E-state index contributed by atoms with van der Waals surface area (Å²) in [6, 6.07) is 0. The predicted molar refractivity (Wildman–Crippen MR) is 87.5 cm³/mol. The van der Waals surface area contributed by atoms with Crippen LogP contribution in [0, 0.1) is 0 Å². The Morgan fingerprint density at radius 2 is 2.00 bits per heavy atom. The monoisotopic (exact) mass is 322 g/mol. The first-order valence-corrected chi connectivity index (χ1v) is 8.49. The third-order valence-corrected chi connectivity index (χ3v) is 4.94. The van der Waals surface area contributed by atoms with Crippen molar-refractivity contribution in [3.05, 3.63) is 12.4 Å². The second-order valence-corrected chi connectivity index (χ2v) is 7.29. The first-order valence-electron chi connectivity index (χ1n) is 8.49. The SMILES string of the molecule is CC1(C)OB(c2cnn(CCO[C@@H]3CCCCO3)c2)OC1(C)C. The molecule has 0 saturated carbocycles. The molecule has 6 nitrogen and oxygen atoms in total. The summed E-state index contributed by atoms with van der Waals surface area (Å²) in [6.07, 6.45) is 7.02. The van der Waals surface area contributed by atoms with Crippen molar-refractivity contribution < 1.29 is 18.8 Å². The van der Waals surface area contributed by atoms with E-state index in [2.05, 4.69) is 32.8 Å². The van der Waals surface area contributed by atoms with Crippen LogP contribution in [0.25, 0.3) is 0 Å². The van der Waals surface area contributed by atoms with Gasteiger partial charge in [0.1, 0.15) is 0 Å². The minimum Gasteiger partial charge on any atom is -0.399 e. The summed E-state index contributed by atoms with van der Waals surface area (Å²) < 4.78 is 25.2. The molecule has 1 atom stereocenters. The van der Waals surface area contributed by atoms with Gasteiger partial charge in [-0.15, -0.1) is 0 Å². The third kappa shape index (κ3) is 3.79. The highest BCUT2D eigenvalue weighted by Crippen LogP contribution is 2.36. The lowest BCUT2D eigenvalue weighted by molar-refractivity contribution is -0.163. The number of hydrogen-bond acceptors (Lipinski definition) is 5. The number of aromatic nitrogens is 2. The number of nitrogens with zero attached hydrogens (tertiary/aromatic N) is 2. The van der Waals surface area contributed by atoms with Crippen LogP contribution in [0.1, 0.15) is 47.0 Å². The van der Waals surface area contributed by atoms with Crippen LogP contribution in [0.4, 0.5) is 0 Å². The van der Waals surface area contributed by atoms with E-state index in [1.54, 1.807) is 6.20 Å². The number of hydrogen-bond donors (Lipinski definition) is 0. The summed E-state index contributed by atoms with van der Waals surface area (Å²) in [6.45, 7) is 10.3. The van der Waals surface area contributed by atoms with Crippen LogP contribution in [0.5, 0.6) is 0 Å². The summed E-state index contributed by atoms with van der Waals surface area (Å²) >= 11 is 0. The molecule has 2 aliphatic rings. The molecule has 1 aromatic heterocycles. The fourth-order valence-electron chi connectivity index (χ4n) is 2.72. The average Bonchev–Trinajstić information content (AvgIpc) is 3.03. The Hall–Kier alpha value is -0.885. The molecular weight excluding hydrogens is 295 g/mol. The maximum absolute atomic E-state index is 6.04. The molecule has 0 aromatic carbocycles. The van der Waals surface area contributed by atoms with Crippen molar-refractivity contribution in [2.45, 2.75) is 71.0 Å². The molecule has 0 unspecified atom stereocenters. The summed E-state index contributed by atoms with van der Waals surface area (Å²) in [4.78, 5) is 0. The van der Waals surface area contributed by atoms with Gasteiger partial charge in [-0.2, -0.15) is 5.10 Å². The van der Waals surface area contributed by atoms with Gasteiger partial charge in [0.25, 0.3) is 0 Å². The Kier molecular flexibility index (Phi) is 4.83. The molecule has 0 radical (unpaired) electrons. The van der Waals surface area contributed by atoms with Crippen LogP contribution >= 0.6 is 0 Å². The minimum absolute atomic E-state index is 0.0538. The zero-order valence-corrected chi connectivity index (χ0v) is 14.6. The number of ether oxygens (including phenoxy) is 2. The van der Waals surface area contributed by atoms with Crippen molar-refractivity contribution >= 4 is 12.6 Å². The van der Waals surface area contributed by atoms with Gasteiger partial charge in [0.15, 0.2) is 6.29 Å². The van der Waals surface area contributed by atoms with Crippen molar-refractivity contribution in [2.24, 2.45) is 0 Å². The van der Waals surface area contributed by atoms with E-state index in [4.69, 9.17) is 18.8 Å². The summed E-state index contributed by atoms with van der Waals surface area (Å²) in [5.41, 5.74) is 0.278. The van der Waals surface area contributed by atoms with Gasteiger partial charge >= 0.3 is 7.12 Å². The summed E-state index contributed by atoms with van der Waals surface area (Å²) in [5, 5.41) is 4.37. The van der Waals surface area contributed by atoms with Crippen LogP contribution in [0.2, 0.25) is 0 Å². The van der Waals surface area contributed by atoms with Crippen molar-refractivity contribution in [3.63, 3.8) is 0 Å².